The highest BCUT2D eigenvalue weighted by molar-refractivity contribution is 7.17. The van der Waals surface area contributed by atoms with Gasteiger partial charge in [-0.25, -0.2) is 0 Å². The van der Waals surface area contributed by atoms with Crippen LogP contribution in [0.3, 0.4) is 0 Å². The molecule has 2 aromatic carbocycles. The van der Waals surface area contributed by atoms with Crippen LogP contribution in [-0.2, 0) is 6.42 Å². The van der Waals surface area contributed by atoms with Gasteiger partial charge in [0.15, 0.2) is 0 Å². The van der Waals surface area contributed by atoms with Gasteiger partial charge in [-0.15, -0.1) is 11.3 Å². The zero-order valence-electron chi connectivity index (χ0n) is 11.0. The maximum atomic E-state index is 6.35. The zero-order chi connectivity index (χ0) is 13.2. The lowest BCUT2D eigenvalue weighted by atomic mass is 9.98. The van der Waals surface area contributed by atoms with Crippen LogP contribution < -0.4 is 5.73 Å². The Labute approximate surface area is 117 Å². The van der Waals surface area contributed by atoms with E-state index in [-0.39, 0.29) is 6.04 Å². The van der Waals surface area contributed by atoms with Crippen molar-refractivity contribution in [3.8, 4) is 0 Å². The second kappa shape index (κ2) is 5.16. The van der Waals surface area contributed by atoms with Crippen LogP contribution in [0.25, 0.3) is 10.1 Å². The van der Waals surface area contributed by atoms with Crippen molar-refractivity contribution in [2.24, 2.45) is 5.73 Å². The molecule has 1 nitrogen and oxygen atoms in total. The topological polar surface area (TPSA) is 26.0 Å². The summed E-state index contributed by atoms with van der Waals surface area (Å²) >= 11 is 1.80. The van der Waals surface area contributed by atoms with Crippen molar-refractivity contribution in [3.05, 3.63) is 70.6 Å². The van der Waals surface area contributed by atoms with Crippen molar-refractivity contribution in [2.45, 2.75) is 19.4 Å². The van der Waals surface area contributed by atoms with Gasteiger partial charge >= 0.3 is 0 Å². The number of nitrogens with two attached hydrogens (primary N) is 1. The first-order chi connectivity index (χ1) is 9.24. The molecule has 1 heterocycles. The quantitative estimate of drug-likeness (QED) is 0.745. The molecular formula is C17H17NS. The molecule has 96 valence electrons. The fourth-order valence-corrected chi connectivity index (χ4v) is 3.42. The third-order valence-corrected chi connectivity index (χ3v) is 4.48. The summed E-state index contributed by atoms with van der Waals surface area (Å²) in [5.41, 5.74) is 10.2. The smallest absolute Gasteiger partial charge is 0.0345 e. The minimum atomic E-state index is 0.0675. The van der Waals surface area contributed by atoms with Crippen molar-refractivity contribution in [1.29, 1.82) is 0 Å². The zero-order valence-corrected chi connectivity index (χ0v) is 11.8. The fraction of sp³-hybridized carbons (Fsp3) is 0.176. The molecule has 1 atom stereocenters. The van der Waals surface area contributed by atoms with E-state index in [9.17, 15) is 0 Å². The predicted molar refractivity (Wildman–Crippen MR) is 83.6 cm³/mol. The van der Waals surface area contributed by atoms with Gasteiger partial charge in [0.25, 0.3) is 0 Å². The Morgan fingerprint density at radius 1 is 1.11 bits per heavy atom. The molecule has 0 spiro atoms. The molecule has 3 rings (SSSR count). The molecule has 0 bridgehead atoms. The summed E-state index contributed by atoms with van der Waals surface area (Å²) in [5.74, 6) is 0. The predicted octanol–water partition coefficient (Wildman–Crippen LogP) is 4.45. The number of hydrogen-bond donors (Lipinski definition) is 1. The third kappa shape index (κ3) is 2.55. The van der Waals surface area contributed by atoms with Gasteiger partial charge in [-0.3, -0.25) is 0 Å². The van der Waals surface area contributed by atoms with Gasteiger partial charge in [-0.2, -0.15) is 0 Å². The van der Waals surface area contributed by atoms with Crippen LogP contribution in [0, 0.1) is 6.92 Å². The van der Waals surface area contributed by atoms with Gasteiger partial charge < -0.3 is 5.73 Å². The van der Waals surface area contributed by atoms with Gasteiger partial charge in [0, 0.05) is 10.7 Å². The van der Waals surface area contributed by atoms with E-state index in [1.165, 1.54) is 26.8 Å². The SMILES string of the molecule is Cc1cccc(C(N)Cc2csc3ccccc23)c1. The molecule has 1 aromatic heterocycles. The van der Waals surface area contributed by atoms with Crippen molar-refractivity contribution in [2.75, 3.05) is 0 Å². The van der Waals surface area contributed by atoms with E-state index in [2.05, 4.69) is 60.8 Å². The molecule has 2 N–H and O–H groups in total. The van der Waals surface area contributed by atoms with Crippen LogP contribution in [0.4, 0.5) is 0 Å². The standard InChI is InChI=1S/C17H17NS/c1-12-5-4-6-13(9-12)16(18)10-14-11-19-17-8-3-2-7-15(14)17/h2-9,11,16H,10,18H2,1H3. The van der Waals surface area contributed by atoms with Crippen molar-refractivity contribution in [1.82, 2.24) is 0 Å². The molecule has 0 saturated heterocycles. The second-order valence-electron chi connectivity index (χ2n) is 4.98. The number of hydrogen-bond acceptors (Lipinski definition) is 2. The van der Waals surface area contributed by atoms with Crippen LogP contribution in [-0.4, -0.2) is 0 Å². The van der Waals surface area contributed by atoms with Crippen molar-refractivity contribution >= 4 is 21.4 Å². The molecule has 0 aliphatic carbocycles. The number of fused-ring (bicyclic) bond motifs is 1. The lowest BCUT2D eigenvalue weighted by molar-refractivity contribution is 0.726. The van der Waals surface area contributed by atoms with E-state index in [1.54, 1.807) is 11.3 Å². The molecule has 2 heteroatoms. The number of rotatable bonds is 3. The molecule has 3 aromatic rings. The molecular weight excluding hydrogens is 250 g/mol. The van der Waals surface area contributed by atoms with Gasteiger partial charge in [-0.1, -0.05) is 48.0 Å². The highest BCUT2D eigenvalue weighted by Gasteiger charge is 2.10. The van der Waals surface area contributed by atoms with Crippen LogP contribution >= 0.6 is 11.3 Å². The minimum Gasteiger partial charge on any atom is -0.324 e. The normalized spacial score (nSPS) is 12.7. The van der Waals surface area contributed by atoms with E-state index >= 15 is 0 Å². The first kappa shape index (κ1) is 12.4. The Balaban J connectivity index is 1.89. The molecule has 0 aliphatic heterocycles. The molecule has 0 amide bonds. The first-order valence-corrected chi connectivity index (χ1v) is 7.39. The monoisotopic (exact) mass is 267 g/mol. The lowest BCUT2D eigenvalue weighted by Gasteiger charge is -2.12. The summed E-state index contributed by atoms with van der Waals surface area (Å²) in [6.45, 7) is 2.11. The molecule has 0 fully saturated rings. The Hall–Kier alpha value is -1.64. The average Bonchev–Trinajstić information content (AvgIpc) is 2.82. The number of benzene rings is 2. The van der Waals surface area contributed by atoms with E-state index in [0.29, 0.717) is 0 Å². The highest BCUT2D eigenvalue weighted by atomic mass is 32.1. The number of aryl methyl sites for hydroxylation is 1. The molecule has 0 aliphatic rings. The van der Waals surface area contributed by atoms with E-state index in [4.69, 9.17) is 5.73 Å². The third-order valence-electron chi connectivity index (χ3n) is 3.47. The van der Waals surface area contributed by atoms with Crippen molar-refractivity contribution in [3.63, 3.8) is 0 Å². The Morgan fingerprint density at radius 3 is 2.79 bits per heavy atom. The van der Waals surface area contributed by atoms with Crippen molar-refractivity contribution < 1.29 is 0 Å². The van der Waals surface area contributed by atoms with Crippen LogP contribution in [0.5, 0.6) is 0 Å². The van der Waals surface area contributed by atoms with Gasteiger partial charge in [-0.05, 0) is 41.3 Å². The Bertz CT molecular complexity index is 699. The molecule has 0 radical (unpaired) electrons. The summed E-state index contributed by atoms with van der Waals surface area (Å²) in [7, 11) is 0. The highest BCUT2D eigenvalue weighted by Crippen LogP contribution is 2.28. The molecule has 1 unspecified atom stereocenters. The van der Waals surface area contributed by atoms with Crippen LogP contribution in [0.15, 0.2) is 53.9 Å². The summed E-state index contributed by atoms with van der Waals surface area (Å²) in [6.07, 6.45) is 0.896. The first-order valence-electron chi connectivity index (χ1n) is 6.51. The minimum absolute atomic E-state index is 0.0675. The summed E-state index contributed by atoms with van der Waals surface area (Å²) in [5, 5.41) is 3.58. The van der Waals surface area contributed by atoms with Gasteiger partial charge in [0.05, 0.1) is 0 Å². The lowest BCUT2D eigenvalue weighted by Crippen LogP contribution is -2.13. The van der Waals surface area contributed by atoms with Crippen LogP contribution in [0.2, 0.25) is 0 Å². The Kier molecular flexibility index (Phi) is 3.36. The maximum absolute atomic E-state index is 6.35. The summed E-state index contributed by atoms with van der Waals surface area (Å²) in [6, 6.07) is 17.1. The average molecular weight is 267 g/mol. The van der Waals surface area contributed by atoms with E-state index < -0.39 is 0 Å². The van der Waals surface area contributed by atoms with E-state index in [1.807, 2.05) is 0 Å². The fourth-order valence-electron chi connectivity index (χ4n) is 2.45. The largest absolute Gasteiger partial charge is 0.324 e. The molecule has 19 heavy (non-hydrogen) atoms. The number of thiophene rings is 1. The second-order valence-corrected chi connectivity index (χ2v) is 5.89. The Morgan fingerprint density at radius 2 is 1.95 bits per heavy atom. The summed E-state index contributed by atoms with van der Waals surface area (Å²) < 4.78 is 1.34. The maximum Gasteiger partial charge on any atom is 0.0345 e. The van der Waals surface area contributed by atoms with Crippen LogP contribution in [0.1, 0.15) is 22.7 Å². The molecule has 0 saturated carbocycles. The van der Waals surface area contributed by atoms with Gasteiger partial charge in [0.1, 0.15) is 0 Å². The van der Waals surface area contributed by atoms with Gasteiger partial charge in [0.2, 0.25) is 0 Å². The summed E-state index contributed by atoms with van der Waals surface area (Å²) in [4.78, 5) is 0. The van der Waals surface area contributed by atoms with E-state index in [0.717, 1.165) is 6.42 Å².